The molecule has 0 saturated carbocycles. The number of methoxy groups -OCH3 is 1. The quantitative estimate of drug-likeness (QED) is 0.733. The summed E-state index contributed by atoms with van der Waals surface area (Å²) in [4.78, 5) is 0. The summed E-state index contributed by atoms with van der Waals surface area (Å²) in [6.45, 7) is 7.15. The summed E-state index contributed by atoms with van der Waals surface area (Å²) in [6, 6.07) is 1.07. The van der Waals surface area contributed by atoms with E-state index in [9.17, 15) is 0 Å². The highest BCUT2D eigenvalue weighted by Gasteiger charge is 2.21. The van der Waals surface area contributed by atoms with Crippen LogP contribution in [0.5, 0.6) is 0 Å². The maximum atomic E-state index is 5.38. The molecular weight excluding hydrogens is 190 g/mol. The molecule has 3 nitrogen and oxygen atoms in total. The lowest BCUT2D eigenvalue weighted by Crippen LogP contribution is -2.44. The number of rotatable bonds is 6. The normalized spacial score (nSPS) is 22.6. The summed E-state index contributed by atoms with van der Waals surface area (Å²) in [5, 5.41) is 3.66. The molecule has 1 heterocycles. The van der Waals surface area contributed by atoms with Crippen LogP contribution < -0.4 is 5.32 Å². The summed E-state index contributed by atoms with van der Waals surface area (Å²) in [5.41, 5.74) is 0. The SMILES string of the molecule is CCC(COC)NC(C)C1CCOCC1. The fourth-order valence-electron chi connectivity index (χ4n) is 2.21. The Morgan fingerprint density at radius 3 is 2.60 bits per heavy atom. The van der Waals surface area contributed by atoms with Gasteiger partial charge in [0.05, 0.1) is 6.61 Å². The van der Waals surface area contributed by atoms with E-state index in [2.05, 4.69) is 19.2 Å². The third-order valence-electron chi connectivity index (χ3n) is 3.33. The Morgan fingerprint density at radius 2 is 2.07 bits per heavy atom. The highest BCUT2D eigenvalue weighted by Crippen LogP contribution is 2.19. The largest absolute Gasteiger partial charge is 0.383 e. The minimum absolute atomic E-state index is 0.493. The van der Waals surface area contributed by atoms with Gasteiger partial charge < -0.3 is 14.8 Å². The van der Waals surface area contributed by atoms with Gasteiger partial charge in [-0.2, -0.15) is 0 Å². The van der Waals surface area contributed by atoms with Crippen LogP contribution in [0.3, 0.4) is 0 Å². The van der Waals surface area contributed by atoms with Crippen LogP contribution >= 0.6 is 0 Å². The van der Waals surface area contributed by atoms with Gasteiger partial charge in [-0.15, -0.1) is 0 Å². The number of hydrogen-bond donors (Lipinski definition) is 1. The molecule has 0 aromatic heterocycles. The molecule has 1 saturated heterocycles. The van der Waals surface area contributed by atoms with Crippen LogP contribution in [0.1, 0.15) is 33.1 Å². The molecule has 1 aliphatic heterocycles. The predicted molar refractivity (Wildman–Crippen MR) is 62.1 cm³/mol. The topological polar surface area (TPSA) is 30.5 Å². The first-order valence-corrected chi connectivity index (χ1v) is 6.10. The van der Waals surface area contributed by atoms with Crippen molar-refractivity contribution in [3.63, 3.8) is 0 Å². The lowest BCUT2D eigenvalue weighted by atomic mass is 9.92. The maximum absolute atomic E-state index is 5.38. The average Bonchev–Trinajstić information content (AvgIpc) is 2.29. The van der Waals surface area contributed by atoms with E-state index in [1.165, 1.54) is 12.8 Å². The van der Waals surface area contributed by atoms with Crippen LogP contribution in [0, 0.1) is 5.92 Å². The van der Waals surface area contributed by atoms with Gasteiger partial charge in [-0.3, -0.25) is 0 Å². The molecule has 0 aromatic carbocycles. The van der Waals surface area contributed by atoms with Crippen LogP contribution in [0.25, 0.3) is 0 Å². The van der Waals surface area contributed by atoms with Gasteiger partial charge in [-0.25, -0.2) is 0 Å². The van der Waals surface area contributed by atoms with Gasteiger partial charge in [0.25, 0.3) is 0 Å². The third-order valence-corrected chi connectivity index (χ3v) is 3.33. The van der Waals surface area contributed by atoms with Gasteiger partial charge in [0.15, 0.2) is 0 Å². The Balaban J connectivity index is 2.28. The first kappa shape index (κ1) is 12.9. The molecule has 2 unspecified atom stereocenters. The van der Waals surface area contributed by atoms with E-state index in [4.69, 9.17) is 9.47 Å². The van der Waals surface area contributed by atoms with E-state index in [0.29, 0.717) is 12.1 Å². The lowest BCUT2D eigenvalue weighted by Gasteiger charge is -2.31. The molecule has 0 aromatic rings. The van der Waals surface area contributed by atoms with Crippen LogP contribution in [0.4, 0.5) is 0 Å². The van der Waals surface area contributed by atoms with Crippen molar-refractivity contribution in [1.82, 2.24) is 5.32 Å². The zero-order valence-electron chi connectivity index (χ0n) is 10.3. The van der Waals surface area contributed by atoms with Gasteiger partial charge >= 0.3 is 0 Å². The highest BCUT2D eigenvalue weighted by molar-refractivity contribution is 4.78. The molecule has 1 rings (SSSR count). The molecule has 0 bridgehead atoms. The van der Waals surface area contributed by atoms with Crippen LogP contribution in [-0.4, -0.2) is 39.0 Å². The zero-order chi connectivity index (χ0) is 11.1. The Labute approximate surface area is 93.5 Å². The molecule has 0 spiro atoms. The summed E-state index contributed by atoms with van der Waals surface area (Å²) in [5.74, 6) is 0.768. The van der Waals surface area contributed by atoms with E-state index in [1.807, 2.05) is 0 Å². The molecule has 15 heavy (non-hydrogen) atoms. The van der Waals surface area contributed by atoms with Gasteiger partial charge in [0, 0.05) is 32.4 Å². The third kappa shape index (κ3) is 4.49. The molecule has 3 heteroatoms. The first-order chi connectivity index (χ1) is 7.27. The van der Waals surface area contributed by atoms with Crippen molar-refractivity contribution in [1.29, 1.82) is 0 Å². The summed E-state index contributed by atoms with van der Waals surface area (Å²) >= 11 is 0. The molecule has 0 aliphatic carbocycles. The molecular formula is C12H25NO2. The molecule has 1 aliphatic rings. The van der Waals surface area contributed by atoms with Crippen LogP contribution in [0.2, 0.25) is 0 Å². The van der Waals surface area contributed by atoms with E-state index in [-0.39, 0.29) is 0 Å². The smallest absolute Gasteiger partial charge is 0.0615 e. The Kier molecular flexibility index (Phi) is 6.22. The van der Waals surface area contributed by atoms with Crippen molar-refractivity contribution in [2.75, 3.05) is 26.9 Å². The second kappa shape index (κ2) is 7.20. The van der Waals surface area contributed by atoms with E-state index in [1.54, 1.807) is 7.11 Å². The molecule has 0 radical (unpaired) electrons. The highest BCUT2D eigenvalue weighted by atomic mass is 16.5. The van der Waals surface area contributed by atoms with Gasteiger partial charge in [0.2, 0.25) is 0 Å². The van der Waals surface area contributed by atoms with E-state index < -0.39 is 0 Å². The summed E-state index contributed by atoms with van der Waals surface area (Å²) < 4.78 is 10.6. The summed E-state index contributed by atoms with van der Waals surface area (Å²) in [7, 11) is 1.77. The minimum Gasteiger partial charge on any atom is -0.383 e. The predicted octanol–water partition coefficient (Wildman–Crippen LogP) is 1.82. The molecule has 0 amide bonds. The zero-order valence-corrected chi connectivity index (χ0v) is 10.3. The number of hydrogen-bond acceptors (Lipinski definition) is 3. The van der Waals surface area contributed by atoms with Crippen molar-refractivity contribution in [2.45, 2.75) is 45.2 Å². The number of ether oxygens (including phenoxy) is 2. The van der Waals surface area contributed by atoms with E-state index >= 15 is 0 Å². The monoisotopic (exact) mass is 215 g/mol. The fraction of sp³-hybridized carbons (Fsp3) is 1.00. The van der Waals surface area contributed by atoms with Crippen molar-refractivity contribution in [3.05, 3.63) is 0 Å². The minimum atomic E-state index is 0.493. The molecule has 1 N–H and O–H groups in total. The van der Waals surface area contributed by atoms with Gasteiger partial charge in [-0.05, 0) is 32.1 Å². The Hall–Kier alpha value is -0.120. The van der Waals surface area contributed by atoms with Crippen LogP contribution in [0.15, 0.2) is 0 Å². The Morgan fingerprint density at radius 1 is 1.40 bits per heavy atom. The second-order valence-corrected chi connectivity index (χ2v) is 4.47. The second-order valence-electron chi connectivity index (χ2n) is 4.47. The summed E-state index contributed by atoms with van der Waals surface area (Å²) in [6.07, 6.45) is 3.51. The first-order valence-electron chi connectivity index (χ1n) is 6.10. The van der Waals surface area contributed by atoms with Crippen molar-refractivity contribution in [3.8, 4) is 0 Å². The maximum Gasteiger partial charge on any atom is 0.0615 e. The lowest BCUT2D eigenvalue weighted by molar-refractivity contribution is 0.0516. The average molecular weight is 215 g/mol. The van der Waals surface area contributed by atoms with E-state index in [0.717, 1.165) is 32.2 Å². The molecule has 2 atom stereocenters. The Bertz CT molecular complexity index is 158. The fourth-order valence-corrected chi connectivity index (χ4v) is 2.21. The van der Waals surface area contributed by atoms with Crippen LogP contribution in [-0.2, 0) is 9.47 Å². The van der Waals surface area contributed by atoms with Gasteiger partial charge in [-0.1, -0.05) is 6.92 Å². The van der Waals surface area contributed by atoms with Gasteiger partial charge in [0.1, 0.15) is 0 Å². The standard InChI is InChI=1S/C12H25NO2/c1-4-12(9-14-3)13-10(2)11-5-7-15-8-6-11/h10-13H,4-9H2,1-3H3. The number of nitrogens with one attached hydrogen (secondary N) is 1. The van der Waals surface area contributed by atoms with Crippen molar-refractivity contribution < 1.29 is 9.47 Å². The molecule has 90 valence electrons. The van der Waals surface area contributed by atoms with Crippen molar-refractivity contribution >= 4 is 0 Å². The van der Waals surface area contributed by atoms with Crippen molar-refractivity contribution in [2.24, 2.45) is 5.92 Å². The molecule has 1 fully saturated rings.